The van der Waals surface area contributed by atoms with Crippen molar-refractivity contribution < 1.29 is 24.2 Å². The molecule has 0 heterocycles. The molecule has 4 rings (SSSR count). The second kappa shape index (κ2) is 9.80. The van der Waals surface area contributed by atoms with E-state index in [9.17, 15) is 19.5 Å². The lowest BCUT2D eigenvalue weighted by atomic mass is 9.94. The lowest BCUT2D eigenvalue weighted by Crippen LogP contribution is -2.38. The number of carbonyl (C=O) groups excluding carboxylic acids is 2. The first-order chi connectivity index (χ1) is 16.7. The van der Waals surface area contributed by atoms with Gasteiger partial charge in [-0.2, -0.15) is 0 Å². The van der Waals surface area contributed by atoms with Crippen molar-refractivity contribution in [3.05, 3.63) is 88.4 Å². The van der Waals surface area contributed by atoms with Crippen molar-refractivity contribution in [3.63, 3.8) is 0 Å². The third kappa shape index (κ3) is 5.30. The Morgan fingerprint density at radius 1 is 0.971 bits per heavy atom. The van der Waals surface area contributed by atoms with E-state index in [1.54, 1.807) is 0 Å². The highest BCUT2D eigenvalue weighted by atomic mass is 35.5. The van der Waals surface area contributed by atoms with Crippen molar-refractivity contribution in [2.45, 2.75) is 19.8 Å². The normalized spacial score (nSPS) is 12.4. The molecule has 0 atom stereocenters. The molecule has 0 aliphatic heterocycles. The van der Waals surface area contributed by atoms with Crippen LogP contribution in [0.25, 0.3) is 11.1 Å². The number of hydrogen-bond donors (Lipinski definition) is 3. The van der Waals surface area contributed by atoms with E-state index in [0.29, 0.717) is 0 Å². The molecule has 0 saturated heterocycles. The van der Waals surface area contributed by atoms with Crippen LogP contribution in [0.15, 0.2) is 66.7 Å². The maximum atomic E-state index is 12.6. The number of rotatable bonds is 7. The first kappa shape index (κ1) is 24.3. The molecule has 3 N–H and O–H groups in total. The number of aliphatic carboxylic acids is 1. The van der Waals surface area contributed by atoms with Gasteiger partial charge in [0.2, 0.25) is 0 Å². The van der Waals surface area contributed by atoms with Crippen LogP contribution in [0, 0.1) is 5.41 Å². The number of carboxylic acids is 1. The van der Waals surface area contributed by atoms with E-state index in [0.717, 1.165) is 22.3 Å². The highest BCUT2D eigenvalue weighted by Gasteiger charge is 2.29. The second-order valence-electron chi connectivity index (χ2n) is 9.05. The standard InChI is InChI=1S/C27H25ClN2O5/c1-27(2,25(32)33)15-29-24(31)16-11-17(28)13-18(12-16)30-26(34)35-14-23-21-9-5-3-7-19(21)20-8-4-6-10-22(20)23/h3-13,23H,14-15H2,1-2H3,(H,29,31)(H,30,34)(H,32,33). The summed E-state index contributed by atoms with van der Waals surface area (Å²) in [6, 6.07) is 20.5. The zero-order valence-corrected chi connectivity index (χ0v) is 20.1. The molecule has 35 heavy (non-hydrogen) atoms. The van der Waals surface area contributed by atoms with Crippen molar-refractivity contribution in [1.29, 1.82) is 0 Å². The van der Waals surface area contributed by atoms with Gasteiger partial charge in [0.1, 0.15) is 6.61 Å². The summed E-state index contributed by atoms with van der Waals surface area (Å²) in [4.78, 5) is 36.4. The molecule has 7 nitrogen and oxygen atoms in total. The number of nitrogens with one attached hydrogen (secondary N) is 2. The van der Waals surface area contributed by atoms with Crippen molar-refractivity contribution in [2.24, 2.45) is 5.41 Å². The van der Waals surface area contributed by atoms with Gasteiger partial charge in [-0.1, -0.05) is 60.1 Å². The van der Waals surface area contributed by atoms with Crippen molar-refractivity contribution in [2.75, 3.05) is 18.5 Å². The van der Waals surface area contributed by atoms with E-state index in [2.05, 4.69) is 22.8 Å². The summed E-state index contributed by atoms with van der Waals surface area (Å²) in [5, 5.41) is 14.7. The third-order valence-corrected chi connectivity index (χ3v) is 6.24. The number of fused-ring (bicyclic) bond motifs is 3. The van der Waals surface area contributed by atoms with Gasteiger partial charge in [-0.15, -0.1) is 0 Å². The smallest absolute Gasteiger partial charge is 0.411 e. The lowest BCUT2D eigenvalue weighted by Gasteiger charge is -2.19. The quantitative estimate of drug-likeness (QED) is 0.401. The third-order valence-electron chi connectivity index (χ3n) is 6.02. The first-order valence-electron chi connectivity index (χ1n) is 11.1. The number of anilines is 1. The van der Waals surface area contributed by atoms with Gasteiger partial charge in [-0.05, 0) is 54.3 Å². The molecule has 3 aromatic rings. The molecule has 0 fully saturated rings. The van der Waals surface area contributed by atoms with Gasteiger partial charge in [-0.25, -0.2) is 4.79 Å². The van der Waals surface area contributed by atoms with E-state index < -0.39 is 23.4 Å². The predicted octanol–water partition coefficient (Wildman–Crippen LogP) is 5.54. The number of ether oxygens (including phenoxy) is 1. The topological polar surface area (TPSA) is 105 Å². The summed E-state index contributed by atoms with van der Waals surface area (Å²) >= 11 is 6.14. The minimum absolute atomic E-state index is 0.0666. The van der Waals surface area contributed by atoms with Gasteiger partial charge >= 0.3 is 12.1 Å². The Labute approximate surface area is 208 Å². The fraction of sp³-hybridized carbons (Fsp3) is 0.222. The van der Waals surface area contributed by atoms with Crippen LogP contribution in [0.4, 0.5) is 10.5 Å². The largest absolute Gasteiger partial charge is 0.481 e. The number of amides is 2. The van der Waals surface area contributed by atoms with Gasteiger partial charge in [0.25, 0.3) is 5.91 Å². The summed E-state index contributed by atoms with van der Waals surface area (Å²) in [6.07, 6.45) is -0.674. The summed E-state index contributed by atoms with van der Waals surface area (Å²) in [5.74, 6) is -1.61. The number of carboxylic acid groups (broad SMARTS) is 1. The number of benzene rings is 3. The average Bonchev–Trinajstić information content (AvgIpc) is 3.14. The Morgan fingerprint density at radius 3 is 2.17 bits per heavy atom. The Hall–Kier alpha value is -3.84. The zero-order valence-electron chi connectivity index (χ0n) is 19.3. The molecule has 0 saturated carbocycles. The van der Waals surface area contributed by atoms with E-state index in [4.69, 9.17) is 16.3 Å². The number of hydrogen-bond acceptors (Lipinski definition) is 4. The van der Waals surface area contributed by atoms with Gasteiger partial charge < -0.3 is 15.2 Å². The van der Waals surface area contributed by atoms with Crippen LogP contribution in [0.2, 0.25) is 5.02 Å². The highest BCUT2D eigenvalue weighted by Crippen LogP contribution is 2.44. The van der Waals surface area contributed by atoms with Crippen LogP contribution < -0.4 is 10.6 Å². The van der Waals surface area contributed by atoms with Gasteiger partial charge in [0, 0.05) is 28.7 Å². The van der Waals surface area contributed by atoms with Crippen LogP contribution in [-0.4, -0.2) is 36.2 Å². The predicted molar refractivity (Wildman–Crippen MR) is 134 cm³/mol. The SMILES string of the molecule is CC(C)(CNC(=O)c1cc(Cl)cc(NC(=O)OCC2c3ccccc3-c3ccccc32)c1)C(=O)O. The molecule has 0 unspecified atom stereocenters. The summed E-state index contributed by atoms with van der Waals surface area (Å²) < 4.78 is 5.54. The number of carbonyl (C=O) groups is 3. The Bertz CT molecular complexity index is 1260. The molecule has 3 aromatic carbocycles. The summed E-state index contributed by atoms with van der Waals surface area (Å²) in [5.41, 5.74) is 3.82. The molecule has 180 valence electrons. The van der Waals surface area contributed by atoms with Gasteiger partial charge in [0.15, 0.2) is 0 Å². The van der Waals surface area contributed by atoms with Crippen molar-refractivity contribution >= 4 is 35.3 Å². The second-order valence-corrected chi connectivity index (χ2v) is 9.49. The molecular weight excluding hydrogens is 468 g/mol. The molecule has 0 aromatic heterocycles. The van der Waals surface area contributed by atoms with Gasteiger partial charge in [0.05, 0.1) is 5.41 Å². The van der Waals surface area contributed by atoms with E-state index in [1.807, 2.05) is 36.4 Å². The molecule has 0 bridgehead atoms. The maximum absolute atomic E-state index is 12.6. The highest BCUT2D eigenvalue weighted by molar-refractivity contribution is 6.31. The van der Waals surface area contributed by atoms with Crippen LogP contribution >= 0.6 is 11.6 Å². The van der Waals surface area contributed by atoms with Gasteiger partial charge in [-0.3, -0.25) is 14.9 Å². The molecular formula is C27H25ClN2O5. The van der Waals surface area contributed by atoms with Crippen LogP contribution in [-0.2, 0) is 9.53 Å². The fourth-order valence-electron chi connectivity index (χ4n) is 4.02. The van der Waals surface area contributed by atoms with Crippen molar-refractivity contribution in [1.82, 2.24) is 5.32 Å². The molecule has 0 spiro atoms. The average molecular weight is 493 g/mol. The van der Waals surface area contributed by atoms with Crippen LogP contribution in [0.5, 0.6) is 0 Å². The summed E-state index contributed by atoms with van der Waals surface area (Å²) in [7, 11) is 0. The lowest BCUT2D eigenvalue weighted by molar-refractivity contribution is -0.146. The Morgan fingerprint density at radius 2 is 1.57 bits per heavy atom. The summed E-state index contributed by atoms with van der Waals surface area (Å²) in [6.45, 7) is 3.11. The van der Waals surface area contributed by atoms with E-state index in [-0.39, 0.29) is 35.3 Å². The van der Waals surface area contributed by atoms with Crippen LogP contribution in [0.1, 0.15) is 41.3 Å². The molecule has 1 aliphatic carbocycles. The number of halogens is 1. The first-order valence-corrected chi connectivity index (χ1v) is 11.5. The molecule has 1 aliphatic rings. The molecule has 2 amide bonds. The minimum Gasteiger partial charge on any atom is -0.481 e. The van der Waals surface area contributed by atoms with E-state index >= 15 is 0 Å². The molecule has 0 radical (unpaired) electrons. The molecule has 8 heteroatoms. The maximum Gasteiger partial charge on any atom is 0.411 e. The fourth-order valence-corrected chi connectivity index (χ4v) is 4.26. The van der Waals surface area contributed by atoms with E-state index in [1.165, 1.54) is 32.0 Å². The minimum atomic E-state index is -1.13. The van der Waals surface area contributed by atoms with Crippen molar-refractivity contribution in [3.8, 4) is 11.1 Å². The van der Waals surface area contributed by atoms with Crippen LogP contribution in [0.3, 0.4) is 0 Å². The Balaban J connectivity index is 1.41. The Kier molecular flexibility index (Phi) is 6.80. The zero-order chi connectivity index (χ0) is 25.2. The monoisotopic (exact) mass is 492 g/mol.